The molecule has 1 aromatic heterocycles. The van der Waals surface area contributed by atoms with Gasteiger partial charge in [-0.1, -0.05) is 12.2 Å². The monoisotopic (exact) mass is 175 g/mol. The van der Waals surface area contributed by atoms with Crippen molar-refractivity contribution in [3.05, 3.63) is 35.2 Å². The number of aryl methyl sites for hydroxylation is 1. The highest BCUT2D eigenvalue weighted by molar-refractivity contribution is 5.85. The maximum absolute atomic E-state index is 10.6. The highest BCUT2D eigenvalue weighted by atomic mass is 16.4. The number of carboxylic acids is 1. The third kappa shape index (κ3) is 1.45. The van der Waals surface area contributed by atoms with Gasteiger partial charge in [0.05, 0.1) is 0 Å². The lowest BCUT2D eigenvalue weighted by Crippen LogP contribution is -2.04. The summed E-state index contributed by atoms with van der Waals surface area (Å²) in [6.07, 6.45) is 7.57. The molecule has 0 unspecified atom stereocenters. The zero-order chi connectivity index (χ0) is 9.26. The SMILES string of the molecule is O=C(O)c1cc2c(cn1)C=CCC2. The number of allylic oxidation sites excluding steroid dienone is 1. The number of fused-ring (bicyclic) bond motifs is 1. The molecule has 1 heterocycles. The van der Waals surface area contributed by atoms with Crippen molar-refractivity contribution in [2.24, 2.45) is 0 Å². The fraction of sp³-hybridized carbons (Fsp3) is 0.200. The van der Waals surface area contributed by atoms with E-state index in [1.54, 1.807) is 12.3 Å². The average molecular weight is 175 g/mol. The Morgan fingerprint density at radius 1 is 1.54 bits per heavy atom. The lowest BCUT2D eigenvalue weighted by atomic mass is 9.99. The molecule has 2 rings (SSSR count). The highest BCUT2D eigenvalue weighted by Gasteiger charge is 2.09. The summed E-state index contributed by atoms with van der Waals surface area (Å²) >= 11 is 0. The number of pyridine rings is 1. The predicted molar refractivity (Wildman–Crippen MR) is 48.6 cm³/mol. The third-order valence-corrected chi connectivity index (χ3v) is 2.12. The van der Waals surface area contributed by atoms with E-state index in [1.807, 2.05) is 6.08 Å². The number of aromatic carboxylic acids is 1. The van der Waals surface area contributed by atoms with Crippen LogP contribution in [0.3, 0.4) is 0 Å². The van der Waals surface area contributed by atoms with Crippen molar-refractivity contribution in [1.29, 1.82) is 0 Å². The highest BCUT2D eigenvalue weighted by Crippen LogP contribution is 2.18. The van der Waals surface area contributed by atoms with Gasteiger partial charge in [-0.15, -0.1) is 0 Å². The van der Waals surface area contributed by atoms with Crippen molar-refractivity contribution >= 4 is 12.0 Å². The van der Waals surface area contributed by atoms with E-state index in [1.165, 1.54) is 0 Å². The molecule has 1 aromatic rings. The van der Waals surface area contributed by atoms with Crippen molar-refractivity contribution in [3.8, 4) is 0 Å². The number of nitrogens with zero attached hydrogens (tertiary/aromatic N) is 1. The molecule has 13 heavy (non-hydrogen) atoms. The molecule has 0 saturated carbocycles. The molecule has 0 aromatic carbocycles. The summed E-state index contributed by atoms with van der Waals surface area (Å²) in [7, 11) is 0. The summed E-state index contributed by atoms with van der Waals surface area (Å²) in [6, 6.07) is 1.65. The second-order valence-corrected chi connectivity index (χ2v) is 3.01. The van der Waals surface area contributed by atoms with E-state index in [9.17, 15) is 4.79 Å². The molecular weight excluding hydrogens is 166 g/mol. The minimum atomic E-state index is -0.961. The van der Waals surface area contributed by atoms with E-state index in [2.05, 4.69) is 11.1 Å². The standard InChI is InChI=1S/C10H9NO2/c12-10(13)9-5-7-3-1-2-4-8(7)6-11-9/h2,4-6H,1,3H2,(H,12,13). The average Bonchev–Trinajstić information content (AvgIpc) is 2.17. The minimum Gasteiger partial charge on any atom is -0.477 e. The predicted octanol–water partition coefficient (Wildman–Crippen LogP) is 1.74. The number of hydrogen-bond donors (Lipinski definition) is 1. The van der Waals surface area contributed by atoms with Gasteiger partial charge in [0.2, 0.25) is 0 Å². The third-order valence-electron chi connectivity index (χ3n) is 2.12. The van der Waals surface area contributed by atoms with Crippen LogP contribution in [0.1, 0.15) is 28.0 Å². The van der Waals surface area contributed by atoms with E-state index < -0.39 is 5.97 Å². The van der Waals surface area contributed by atoms with Crippen LogP contribution in [0.5, 0.6) is 0 Å². The molecule has 0 amide bonds. The van der Waals surface area contributed by atoms with Gasteiger partial charge in [-0.25, -0.2) is 9.78 Å². The van der Waals surface area contributed by atoms with Crippen molar-refractivity contribution in [2.45, 2.75) is 12.8 Å². The van der Waals surface area contributed by atoms with Crippen LogP contribution in [0, 0.1) is 0 Å². The summed E-state index contributed by atoms with van der Waals surface area (Å²) in [4.78, 5) is 14.4. The Balaban J connectivity index is 2.48. The first-order valence-corrected chi connectivity index (χ1v) is 4.16. The lowest BCUT2D eigenvalue weighted by Gasteiger charge is -2.09. The number of rotatable bonds is 1. The maximum Gasteiger partial charge on any atom is 0.354 e. The number of carboxylic acid groups (broad SMARTS) is 1. The normalized spacial score (nSPS) is 13.8. The van der Waals surface area contributed by atoms with Crippen LogP contribution in [-0.2, 0) is 6.42 Å². The second kappa shape index (κ2) is 3.01. The second-order valence-electron chi connectivity index (χ2n) is 3.01. The zero-order valence-corrected chi connectivity index (χ0v) is 7.03. The Morgan fingerprint density at radius 2 is 2.38 bits per heavy atom. The summed E-state index contributed by atoms with van der Waals surface area (Å²) in [5.74, 6) is -0.961. The van der Waals surface area contributed by atoms with E-state index in [-0.39, 0.29) is 5.69 Å². The molecule has 3 nitrogen and oxygen atoms in total. The van der Waals surface area contributed by atoms with Crippen LogP contribution in [0.15, 0.2) is 18.3 Å². The Labute approximate surface area is 75.7 Å². The molecule has 0 bridgehead atoms. The molecule has 1 aliphatic carbocycles. The Hall–Kier alpha value is -1.64. The molecule has 0 spiro atoms. The summed E-state index contributed by atoms with van der Waals surface area (Å²) < 4.78 is 0. The molecule has 3 heteroatoms. The first-order chi connectivity index (χ1) is 6.27. The first-order valence-electron chi connectivity index (χ1n) is 4.16. The smallest absolute Gasteiger partial charge is 0.354 e. The first kappa shape index (κ1) is 7.98. The number of aromatic nitrogens is 1. The van der Waals surface area contributed by atoms with Crippen molar-refractivity contribution in [2.75, 3.05) is 0 Å². The van der Waals surface area contributed by atoms with Gasteiger partial charge in [0.25, 0.3) is 0 Å². The zero-order valence-electron chi connectivity index (χ0n) is 7.03. The van der Waals surface area contributed by atoms with Gasteiger partial charge in [-0.05, 0) is 30.0 Å². The topological polar surface area (TPSA) is 50.2 Å². The Bertz CT molecular complexity index is 383. The summed E-state index contributed by atoms with van der Waals surface area (Å²) in [5.41, 5.74) is 2.25. The van der Waals surface area contributed by atoms with Crippen LogP contribution >= 0.6 is 0 Å². The van der Waals surface area contributed by atoms with E-state index in [4.69, 9.17) is 5.11 Å². The molecule has 1 N–H and O–H groups in total. The lowest BCUT2D eigenvalue weighted by molar-refractivity contribution is 0.0690. The molecule has 0 fully saturated rings. The summed E-state index contributed by atoms with van der Waals surface area (Å²) in [5, 5.41) is 8.71. The van der Waals surface area contributed by atoms with Gasteiger partial charge in [-0.3, -0.25) is 0 Å². The van der Waals surface area contributed by atoms with Crippen LogP contribution < -0.4 is 0 Å². The Morgan fingerprint density at radius 3 is 3.15 bits per heavy atom. The van der Waals surface area contributed by atoms with Crippen LogP contribution in [0.2, 0.25) is 0 Å². The van der Waals surface area contributed by atoms with Gasteiger partial charge >= 0.3 is 5.97 Å². The summed E-state index contributed by atoms with van der Waals surface area (Å²) in [6.45, 7) is 0. The van der Waals surface area contributed by atoms with E-state index in [0.717, 1.165) is 24.0 Å². The van der Waals surface area contributed by atoms with Crippen LogP contribution in [0.25, 0.3) is 6.08 Å². The quantitative estimate of drug-likeness (QED) is 0.707. The Kier molecular flexibility index (Phi) is 1.85. The van der Waals surface area contributed by atoms with Crippen molar-refractivity contribution in [3.63, 3.8) is 0 Å². The minimum absolute atomic E-state index is 0.133. The fourth-order valence-electron chi connectivity index (χ4n) is 1.44. The molecule has 0 atom stereocenters. The largest absolute Gasteiger partial charge is 0.477 e. The van der Waals surface area contributed by atoms with Gasteiger partial charge in [0.1, 0.15) is 5.69 Å². The van der Waals surface area contributed by atoms with Gasteiger partial charge in [0, 0.05) is 6.20 Å². The molecule has 0 aliphatic heterocycles. The maximum atomic E-state index is 10.6. The fourth-order valence-corrected chi connectivity index (χ4v) is 1.44. The van der Waals surface area contributed by atoms with Gasteiger partial charge in [0.15, 0.2) is 0 Å². The number of carbonyl (C=O) groups is 1. The van der Waals surface area contributed by atoms with Crippen LogP contribution in [-0.4, -0.2) is 16.1 Å². The van der Waals surface area contributed by atoms with Crippen LogP contribution in [0.4, 0.5) is 0 Å². The van der Waals surface area contributed by atoms with Gasteiger partial charge < -0.3 is 5.11 Å². The molecule has 0 saturated heterocycles. The van der Waals surface area contributed by atoms with E-state index >= 15 is 0 Å². The van der Waals surface area contributed by atoms with E-state index in [0.29, 0.717) is 0 Å². The molecule has 66 valence electrons. The van der Waals surface area contributed by atoms with Crippen molar-refractivity contribution in [1.82, 2.24) is 4.98 Å². The molecule has 0 radical (unpaired) electrons. The molecular formula is C10H9NO2. The van der Waals surface area contributed by atoms with Crippen molar-refractivity contribution < 1.29 is 9.90 Å². The molecule has 1 aliphatic rings. The van der Waals surface area contributed by atoms with Gasteiger partial charge in [-0.2, -0.15) is 0 Å². The number of hydrogen-bond acceptors (Lipinski definition) is 2.